The summed E-state index contributed by atoms with van der Waals surface area (Å²) in [5.41, 5.74) is 1.36. The second-order valence-electron chi connectivity index (χ2n) is 5.72. The number of aryl methyl sites for hydroxylation is 1. The van der Waals surface area contributed by atoms with Crippen LogP contribution in [0.5, 0.6) is 0 Å². The molecular formula is C19H30N2O. The van der Waals surface area contributed by atoms with Crippen molar-refractivity contribution in [3.8, 4) is 0 Å². The van der Waals surface area contributed by atoms with Gasteiger partial charge in [-0.15, -0.1) is 5.16 Å². The molecule has 0 fully saturated rings. The molecule has 0 aliphatic rings. The van der Waals surface area contributed by atoms with Crippen molar-refractivity contribution in [2.24, 2.45) is 5.16 Å². The second-order valence-corrected chi connectivity index (χ2v) is 5.72. The number of aromatic nitrogens is 1. The third-order valence-electron chi connectivity index (χ3n) is 3.76. The van der Waals surface area contributed by atoms with Crippen molar-refractivity contribution in [3.63, 3.8) is 0 Å². The third-order valence-corrected chi connectivity index (χ3v) is 3.76. The average Bonchev–Trinajstić information content (AvgIpc) is 2.56. The van der Waals surface area contributed by atoms with Gasteiger partial charge in [-0.2, -0.15) is 0 Å². The first-order valence-electron chi connectivity index (χ1n) is 8.63. The molecule has 0 radical (unpaired) electrons. The van der Waals surface area contributed by atoms with Crippen molar-refractivity contribution in [1.82, 2.24) is 4.98 Å². The van der Waals surface area contributed by atoms with Gasteiger partial charge in [0.2, 0.25) is 0 Å². The Morgan fingerprint density at radius 1 is 0.909 bits per heavy atom. The van der Waals surface area contributed by atoms with E-state index in [0.29, 0.717) is 0 Å². The quantitative estimate of drug-likeness (QED) is 0.171. The van der Waals surface area contributed by atoms with Crippen LogP contribution >= 0.6 is 0 Å². The second kappa shape index (κ2) is 14.3. The molecule has 0 aliphatic carbocycles. The van der Waals surface area contributed by atoms with Gasteiger partial charge in [0.15, 0.2) is 0 Å². The molecule has 1 N–H and O–H groups in total. The largest absolute Gasteiger partial charge is 0.411 e. The van der Waals surface area contributed by atoms with Gasteiger partial charge in [-0.25, -0.2) is 0 Å². The van der Waals surface area contributed by atoms with Gasteiger partial charge in [-0.05, 0) is 56.6 Å². The fourth-order valence-electron chi connectivity index (χ4n) is 2.46. The summed E-state index contributed by atoms with van der Waals surface area (Å²) >= 11 is 0. The highest BCUT2D eigenvalue weighted by Crippen LogP contribution is 2.10. The minimum Gasteiger partial charge on any atom is -0.411 e. The maximum absolute atomic E-state index is 8.25. The van der Waals surface area contributed by atoms with E-state index in [0.717, 1.165) is 25.7 Å². The smallest absolute Gasteiger partial charge is 0.0436 e. The number of oxime groups is 1. The molecule has 0 bridgehead atoms. The zero-order chi connectivity index (χ0) is 15.7. The molecule has 1 heterocycles. The van der Waals surface area contributed by atoms with Crippen molar-refractivity contribution >= 4 is 6.21 Å². The molecule has 1 rings (SSSR count). The Bertz CT molecular complexity index is 401. The SMILES string of the molecule is ON=CCCC/C=C\CCCCCCCCc1cccnc1. The van der Waals surface area contributed by atoms with E-state index in [9.17, 15) is 0 Å². The summed E-state index contributed by atoms with van der Waals surface area (Å²) in [6.45, 7) is 0. The monoisotopic (exact) mass is 302 g/mol. The van der Waals surface area contributed by atoms with Crippen molar-refractivity contribution in [2.75, 3.05) is 0 Å². The van der Waals surface area contributed by atoms with Crippen LogP contribution in [0.3, 0.4) is 0 Å². The number of hydrogen-bond acceptors (Lipinski definition) is 3. The van der Waals surface area contributed by atoms with Crippen LogP contribution in [0, 0.1) is 0 Å². The summed E-state index contributed by atoms with van der Waals surface area (Å²) < 4.78 is 0. The molecule has 0 amide bonds. The van der Waals surface area contributed by atoms with Crippen LogP contribution in [0.2, 0.25) is 0 Å². The first kappa shape index (κ1) is 18.4. The fourth-order valence-corrected chi connectivity index (χ4v) is 2.46. The van der Waals surface area contributed by atoms with E-state index in [1.165, 1.54) is 50.5 Å². The summed E-state index contributed by atoms with van der Waals surface area (Å²) in [6, 6.07) is 4.18. The number of pyridine rings is 1. The molecule has 1 aromatic heterocycles. The molecule has 1 aromatic rings. The van der Waals surface area contributed by atoms with Crippen LogP contribution in [0.1, 0.15) is 69.8 Å². The molecule has 0 unspecified atom stereocenters. The number of unbranched alkanes of at least 4 members (excludes halogenated alkanes) is 8. The highest BCUT2D eigenvalue weighted by atomic mass is 16.4. The van der Waals surface area contributed by atoms with Crippen LogP contribution in [-0.2, 0) is 6.42 Å². The topological polar surface area (TPSA) is 45.5 Å². The number of hydrogen-bond donors (Lipinski definition) is 1. The van der Waals surface area contributed by atoms with Gasteiger partial charge in [0.05, 0.1) is 0 Å². The number of allylic oxidation sites excluding steroid dienone is 2. The van der Waals surface area contributed by atoms with Crippen molar-refractivity contribution in [3.05, 3.63) is 42.2 Å². The summed E-state index contributed by atoms with van der Waals surface area (Å²) in [4.78, 5) is 4.15. The maximum atomic E-state index is 8.25. The molecule has 0 saturated carbocycles. The lowest BCUT2D eigenvalue weighted by Crippen LogP contribution is -1.87. The molecule has 22 heavy (non-hydrogen) atoms. The molecule has 0 spiro atoms. The van der Waals surface area contributed by atoms with Gasteiger partial charge in [0.1, 0.15) is 0 Å². The Morgan fingerprint density at radius 2 is 1.64 bits per heavy atom. The van der Waals surface area contributed by atoms with E-state index in [1.807, 2.05) is 18.5 Å². The van der Waals surface area contributed by atoms with Crippen LogP contribution in [-0.4, -0.2) is 16.4 Å². The van der Waals surface area contributed by atoms with Gasteiger partial charge in [-0.1, -0.05) is 43.9 Å². The van der Waals surface area contributed by atoms with Gasteiger partial charge >= 0.3 is 0 Å². The minimum absolute atomic E-state index is 0.861. The minimum atomic E-state index is 0.861. The molecule has 3 nitrogen and oxygen atoms in total. The molecule has 3 heteroatoms. The number of nitrogens with zero attached hydrogens (tertiary/aromatic N) is 2. The lowest BCUT2D eigenvalue weighted by atomic mass is 10.1. The summed E-state index contributed by atoms with van der Waals surface area (Å²) in [6.07, 6.45) is 23.2. The molecule has 0 aliphatic heterocycles. The lowest BCUT2D eigenvalue weighted by molar-refractivity contribution is 0.320. The zero-order valence-electron chi connectivity index (χ0n) is 13.7. The Labute approximate surface area is 135 Å². The van der Waals surface area contributed by atoms with Crippen LogP contribution in [0.4, 0.5) is 0 Å². The molecule has 122 valence electrons. The first-order valence-corrected chi connectivity index (χ1v) is 8.63. The molecular weight excluding hydrogens is 272 g/mol. The highest BCUT2D eigenvalue weighted by Gasteiger charge is 1.94. The van der Waals surface area contributed by atoms with Crippen LogP contribution in [0.25, 0.3) is 0 Å². The Hall–Kier alpha value is -1.64. The van der Waals surface area contributed by atoms with E-state index in [-0.39, 0.29) is 0 Å². The fraction of sp³-hybridized carbons (Fsp3) is 0.579. The number of rotatable bonds is 13. The molecule has 0 atom stereocenters. The van der Waals surface area contributed by atoms with Gasteiger partial charge < -0.3 is 5.21 Å². The van der Waals surface area contributed by atoms with E-state index >= 15 is 0 Å². The summed E-state index contributed by atoms with van der Waals surface area (Å²) in [5, 5.41) is 11.2. The van der Waals surface area contributed by atoms with Crippen molar-refractivity contribution in [1.29, 1.82) is 0 Å². The van der Waals surface area contributed by atoms with E-state index in [1.54, 1.807) is 6.21 Å². The summed E-state index contributed by atoms with van der Waals surface area (Å²) in [7, 11) is 0. The Kier molecular flexibility index (Phi) is 12.0. The average molecular weight is 302 g/mol. The normalized spacial score (nSPS) is 11.6. The third kappa shape index (κ3) is 11.1. The summed E-state index contributed by atoms with van der Waals surface area (Å²) in [5.74, 6) is 0. The van der Waals surface area contributed by atoms with E-state index in [2.05, 4.69) is 28.4 Å². The zero-order valence-corrected chi connectivity index (χ0v) is 13.7. The van der Waals surface area contributed by atoms with E-state index < -0.39 is 0 Å². The standard InChI is InChI=1S/C19H30N2O/c22-21-17-12-10-8-6-4-2-1-3-5-7-9-11-14-19-15-13-16-20-18-19/h4,6,13,15-18,22H,1-3,5,7-12,14H2/b6-4-,21-17?. The maximum Gasteiger partial charge on any atom is 0.0436 e. The molecule has 0 aromatic carbocycles. The highest BCUT2D eigenvalue weighted by molar-refractivity contribution is 5.55. The first-order chi connectivity index (χ1) is 10.9. The van der Waals surface area contributed by atoms with Gasteiger partial charge in [0.25, 0.3) is 0 Å². The van der Waals surface area contributed by atoms with Gasteiger partial charge in [-0.3, -0.25) is 4.98 Å². The Morgan fingerprint density at radius 3 is 2.36 bits per heavy atom. The predicted octanol–water partition coefficient (Wildman–Crippen LogP) is 5.54. The van der Waals surface area contributed by atoms with Crippen molar-refractivity contribution in [2.45, 2.75) is 70.6 Å². The van der Waals surface area contributed by atoms with Gasteiger partial charge in [0, 0.05) is 18.6 Å². The lowest BCUT2D eigenvalue weighted by Gasteiger charge is -2.01. The molecule has 0 saturated heterocycles. The van der Waals surface area contributed by atoms with Crippen LogP contribution < -0.4 is 0 Å². The Balaban J connectivity index is 1.81. The van der Waals surface area contributed by atoms with E-state index in [4.69, 9.17) is 5.21 Å². The van der Waals surface area contributed by atoms with Crippen molar-refractivity contribution < 1.29 is 5.21 Å². The van der Waals surface area contributed by atoms with Crippen LogP contribution in [0.15, 0.2) is 41.8 Å². The predicted molar refractivity (Wildman–Crippen MR) is 93.5 cm³/mol.